The number of fused-ring (bicyclic) bond motifs is 3. The molecule has 1 aliphatic rings. The summed E-state index contributed by atoms with van der Waals surface area (Å²) in [6.45, 7) is 5.05. The zero-order valence-corrected chi connectivity index (χ0v) is 15.6. The van der Waals surface area contributed by atoms with Gasteiger partial charge in [0.15, 0.2) is 6.10 Å². The van der Waals surface area contributed by atoms with E-state index < -0.39 is 6.10 Å². The van der Waals surface area contributed by atoms with Gasteiger partial charge in [0.05, 0.1) is 5.02 Å². The molecule has 1 atom stereocenters. The highest BCUT2D eigenvalue weighted by Crippen LogP contribution is 2.29. The van der Waals surface area contributed by atoms with Crippen molar-refractivity contribution in [3.63, 3.8) is 0 Å². The first kappa shape index (κ1) is 17.0. The standard InChI is InChI=1S/C21H21ClN2O2/c1-13-7-8-17(22)20(11-13)26-14(2)21(25)24-10-9-19-16(12-24)15-5-3-4-6-18(15)23-19/h3-8,11,14,23H,9-10,12H2,1-2H3. The fourth-order valence-corrected chi connectivity index (χ4v) is 3.72. The number of halogens is 1. The second-order valence-electron chi connectivity index (χ2n) is 6.83. The number of para-hydroxylation sites is 1. The fourth-order valence-electron chi connectivity index (χ4n) is 3.55. The molecular formula is C21H21ClN2O2. The number of aromatic nitrogens is 1. The number of ether oxygens (including phenoxy) is 1. The Hall–Kier alpha value is -2.46. The number of carbonyl (C=O) groups is 1. The molecule has 1 N–H and O–H groups in total. The summed E-state index contributed by atoms with van der Waals surface area (Å²) in [5.74, 6) is 0.538. The van der Waals surface area contributed by atoms with E-state index in [1.807, 2.05) is 36.1 Å². The minimum Gasteiger partial charge on any atom is -0.479 e. The van der Waals surface area contributed by atoms with Gasteiger partial charge in [-0.05, 0) is 37.6 Å². The molecule has 0 aliphatic carbocycles. The number of aromatic amines is 1. The van der Waals surface area contributed by atoms with Crippen LogP contribution in [0.15, 0.2) is 42.5 Å². The largest absolute Gasteiger partial charge is 0.479 e. The summed E-state index contributed by atoms with van der Waals surface area (Å²) in [6, 6.07) is 13.8. The van der Waals surface area contributed by atoms with E-state index in [1.165, 1.54) is 16.6 Å². The van der Waals surface area contributed by atoms with E-state index >= 15 is 0 Å². The number of rotatable bonds is 3. The predicted molar refractivity (Wildman–Crippen MR) is 104 cm³/mol. The predicted octanol–water partition coefficient (Wildman–Crippen LogP) is 4.48. The molecule has 0 fully saturated rings. The SMILES string of the molecule is Cc1ccc(Cl)c(OC(C)C(=O)N2CCc3[nH]c4ccccc4c3C2)c1. The van der Waals surface area contributed by atoms with E-state index in [0.717, 1.165) is 17.5 Å². The van der Waals surface area contributed by atoms with Gasteiger partial charge < -0.3 is 14.6 Å². The van der Waals surface area contributed by atoms with Gasteiger partial charge >= 0.3 is 0 Å². The third-order valence-electron chi connectivity index (χ3n) is 4.93. The number of nitrogens with zero attached hydrogens (tertiary/aromatic N) is 1. The Morgan fingerprint density at radius 3 is 2.92 bits per heavy atom. The van der Waals surface area contributed by atoms with Gasteiger partial charge in [0.2, 0.25) is 0 Å². The smallest absolute Gasteiger partial charge is 0.263 e. The van der Waals surface area contributed by atoms with Gasteiger partial charge in [-0.2, -0.15) is 0 Å². The Morgan fingerprint density at radius 2 is 2.08 bits per heavy atom. The Balaban J connectivity index is 1.52. The molecule has 134 valence electrons. The van der Waals surface area contributed by atoms with E-state index in [2.05, 4.69) is 17.1 Å². The van der Waals surface area contributed by atoms with Crippen molar-refractivity contribution in [1.29, 1.82) is 0 Å². The Morgan fingerprint density at radius 1 is 1.27 bits per heavy atom. The third kappa shape index (κ3) is 3.06. The third-order valence-corrected chi connectivity index (χ3v) is 5.24. The zero-order valence-electron chi connectivity index (χ0n) is 14.9. The van der Waals surface area contributed by atoms with Crippen LogP contribution in [0.2, 0.25) is 5.02 Å². The molecular weight excluding hydrogens is 348 g/mol. The van der Waals surface area contributed by atoms with Crippen LogP contribution in [0.25, 0.3) is 10.9 Å². The maximum atomic E-state index is 12.9. The van der Waals surface area contributed by atoms with Gasteiger partial charge in [-0.15, -0.1) is 0 Å². The summed E-state index contributed by atoms with van der Waals surface area (Å²) < 4.78 is 5.87. The summed E-state index contributed by atoms with van der Waals surface area (Å²) in [7, 11) is 0. The summed E-state index contributed by atoms with van der Waals surface area (Å²) in [5.41, 5.74) is 4.61. The van der Waals surface area contributed by atoms with Crippen molar-refractivity contribution >= 4 is 28.4 Å². The monoisotopic (exact) mass is 368 g/mol. The van der Waals surface area contributed by atoms with Crippen LogP contribution >= 0.6 is 11.6 Å². The first-order valence-corrected chi connectivity index (χ1v) is 9.21. The van der Waals surface area contributed by atoms with Gasteiger partial charge in [-0.25, -0.2) is 0 Å². The normalized spacial score (nSPS) is 15.0. The number of hydrogen-bond acceptors (Lipinski definition) is 2. The molecule has 0 spiro atoms. The van der Waals surface area contributed by atoms with E-state index in [-0.39, 0.29) is 5.91 Å². The van der Waals surface area contributed by atoms with E-state index in [4.69, 9.17) is 16.3 Å². The van der Waals surface area contributed by atoms with Crippen molar-refractivity contribution in [3.05, 3.63) is 64.3 Å². The number of amides is 1. The highest BCUT2D eigenvalue weighted by Gasteiger charge is 2.28. The Bertz CT molecular complexity index is 979. The van der Waals surface area contributed by atoms with Crippen LogP contribution < -0.4 is 4.74 Å². The van der Waals surface area contributed by atoms with Crippen LogP contribution in [0.3, 0.4) is 0 Å². The van der Waals surface area contributed by atoms with E-state index in [9.17, 15) is 4.79 Å². The topological polar surface area (TPSA) is 45.3 Å². The lowest BCUT2D eigenvalue weighted by atomic mass is 10.0. The van der Waals surface area contributed by atoms with Crippen molar-refractivity contribution < 1.29 is 9.53 Å². The number of nitrogens with one attached hydrogen (secondary N) is 1. The van der Waals surface area contributed by atoms with Gasteiger partial charge in [0, 0.05) is 41.7 Å². The number of aryl methyl sites for hydroxylation is 1. The van der Waals surface area contributed by atoms with Crippen LogP contribution in [-0.4, -0.2) is 28.4 Å². The van der Waals surface area contributed by atoms with Crippen LogP contribution in [0.5, 0.6) is 5.75 Å². The van der Waals surface area contributed by atoms with Crippen molar-refractivity contribution in [2.24, 2.45) is 0 Å². The highest BCUT2D eigenvalue weighted by molar-refractivity contribution is 6.32. The molecule has 1 aliphatic heterocycles. The number of benzene rings is 2. The maximum absolute atomic E-state index is 12.9. The summed E-state index contributed by atoms with van der Waals surface area (Å²) in [5, 5.41) is 1.71. The van der Waals surface area contributed by atoms with Crippen LogP contribution in [0.1, 0.15) is 23.7 Å². The zero-order chi connectivity index (χ0) is 18.3. The summed E-state index contributed by atoms with van der Waals surface area (Å²) >= 11 is 6.19. The molecule has 2 heterocycles. The maximum Gasteiger partial charge on any atom is 0.263 e. The second kappa shape index (κ2) is 6.69. The van der Waals surface area contributed by atoms with Crippen LogP contribution in [0.4, 0.5) is 0 Å². The summed E-state index contributed by atoms with van der Waals surface area (Å²) in [4.78, 5) is 18.3. The highest BCUT2D eigenvalue weighted by atomic mass is 35.5. The molecule has 1 aromatic heterocycles. The first-order valence-electron chi connectivity index (χ1n) is 8.83. The molecule has 0 saturated heterocycles. The van der Waals surface area contributed by atoms with Crippen molar-refractivity contribution in [2.75, 3.05) is 6.54 Å². The number of carbonyl (C=O) groups excluding carboxylic acids is 1. The van der Waals surface area contributed by atoms with Crippen LogP contribution in [-0.2, 0) is 17.8 Å². The molecule has 26 heavy (non-hydrogen) atoms. The lowest BCUT2D eigenvalue weighted by Crippen LogP contribution is -2.43. The molecule has 0 radical (unpaired) electrons. The van der Waals surface area contributed by atoms with Crippen LogP contribution in [0, 0.1) is 6.92 Å². The summed E-state index contributed by atoms with van der Waals surface area (Å²) in [6.07, 6.45) is 0.245. The van der Waals surface area contributed by atoms with Gasteiger partial charge in [0.25, 0.3) is 5.91 Å². The van der Waals surface area contributed by atoms with Gasteiger partial charge in [-0.1, -0.05) is 35.9 Å². The molecule has 0 bridgehead atoms. The molecule has 0 saturated carbocycles. The first-order chi connectivity index (χ1) is 12.5. The Kier molecular flexibility index (Phi) is 4.37. The lowest BCUT2D eigenvalue weighted by molar-refractivity contribution is -0.138. The molecule has 4 rings (SSSR count). The molecule has 2 aromatic carbocycles. The quantitative estimate of drug-likeness (QED) is 0.740. The molecule has 1 unspecified atom stereocenters. The average Bonchev–Trinajstić information content (AvgIpc) is 3.02. The van der Waals surface area contributed by atoms with E-state index in [0.29, 0.717) is 23.9 Å². The molecule has 4 nitrogen and oxygen atoms in total. The second-order valence-corrected chi connectivity index (χ2v) is 7.24. The van der Waals surface area contributed by atoms with Gasteiger partial charge in [0.1, 0.15) is 5.75 Å². The lowest BCUT2D eigenvalue weighted by Gasteiger charge is -2.30. The van der Waals surface area contributed by atoms with Crippen molar-refractivity contribution in [3.8, 4) is 5.75 Å². The fraction of sp³-hybridized carbons (Fsp3) is 0.286. The molecule has 3 aromatic rings. The molecule has 5 heteroatoms. The minimum absolute atomic E-state index is 0.0153. The van der Waals surface area contributed by atoms with Gasteiger partial charge in [-0.3, -0.25) is 4.79 Å². The van der Waals surface area contributed by atoms with Crippen molar-refractivity contribution in [2.45, 2.75) is 32.9 Å². The molecule has 1 amide bonds. The Labute approximate surface area is 157 Å². The number of H-pyrrole nitrogens is 1. The minimum atomic E-state index is -0.582. The van der Waals surface area contributed by atoms with E-state index in [1.54, 1.807) is 13.0 Å². The van der Waals surface area contributed by atoms with Crippen molar-refractivity contribution in [1.82, 2.24) is 9.88 Å². The average molecular weight is 369 g/mol. The number of hydrogen-bond donors (Lipinski definition) is 1.